The topological polar surface area (TPSA) is 102 Å². The van der Waals surface area contributed by atoms with Gasteiger partial charge in [0.2, 0.25) is 0 Å². The molecule has 0 saturated heterocycles. The first kappa shape index (κ1) is 23.1. The third kappa shape index (κ3) is 4.79. The van der Waals surface area contributed by atoms with Gasteiger partial charge in [0.15, 0.2) is 11.5 Å². The lowest BCUT2D eigenvalue weighted by molar-refractivity contribution is 0.209. The number of nitrogens with zero attached hydrogens (tertiary/aromatic N) is 3. The van der Waals surface area contributed by atoms with Crippen molar-refractivity contribution >= 4 is 11.0 Å². The summed E-state index contributed by atoms with van der Waals surface area (Å²) in [5, 5.41) is 3.13. The number of benzene rings is 2. The van der Waals surface area contributed by atoms with Crippen LogP contribution in [0.15, 0.2) is 39.9 Å². The summed E-state index contributed by atoms with van der Waals surface area (Å²) in [7, 11) is 0. The van der Waals surface area contributed by atoms with E-state index in [1.54, 1.807) is 4.57 Å². The Kier molecular flexibility index (Phi) is 6.29. The molecule has 0 unspecified atom stereocenters. The number of rotatable bonds is 7. The third-order valence-corrected chi connectivity index (χ3v) is 6.34. The van der Waals surface area contributed by atoms with Crippen LogP contribution in [-0.2, 0) is 13.1 Å². The Balaban J connectivity index is 1.50. The van der Waals surface area contributed by atoms with Crippen molar-refractivity contribution in [2.24, 2.45) is 0 Å². The van der Waals surface area contributed by atoms with E-state index in [-0.39, 0.29) is 24.2 Å². The fourth-order valence-corrected chi connectivity index (χ4v) is 4.54. The molecule has 2 aliphatic heterocycles. The lowest BCUT2D eigenvalue weighted by Crippen LogP contribution is -2.30. The predicted octanol–water partition coefficient (Wildman–Crippen LogP) is 3.28. The maximum absolute atomic E-state index is 14.0. The number of hydrogen-bond donors (Lipinski definition) is 2. The molecule has 35 heavy (non-hydrogen) atoms. The van der Waals surface area contributed by atoms with E-state index in [0.29, 0.717) is 29.7 Å². The van der Waals surface area contributed by atoms with E-state index >= 15 is 0 Å². The Hall–Kier alpha value is -3.66. The van der Waals surface area contributed by atoms with E-state index in [1.807, 2.05) is 19.1 Å². The van der Waals surface area contributed by atoms with E-state index in [2.05, 4.69) is 20.3 Å². The molecule has 182 valence electrons. The zero-order valence-corrected chi connectivity index (χ0v) is 19.2. The van der Waals surface area contributed by atoms with Gasteiger partial charge >= 0.3 is 5.69 Å². The lowest BCUT2D eigenvalue weighted by Gasteiger charge is -2.20. The highest BCUT2D eigenvalue weighted by molar-refractivity contribution is 5.82. The van der Waals surface area contributed by atoms with Gasteiger partial charge in [-0.05, 0) is 50.3 Å². The Labute approximate surface area is 199 Å². The van der Waals surface area contributed by atoms with Crippen LogP contribution in [0.4, 0.5) is 8.78 Å². The van der Waals surface area contributed by atoms with E-state index in [0.717, 1.165) is 43.1 Å². The molecule has 0 amide bonds. The van der Waals surface area contributed by atoms with Crippen molar-refractivity contribution < 1.29 is 13.5 Å². The number of H-pyrrole nitrogens is 1. The van der Waals surface area contributed by atoms with Crippen molar-refractivity contribution in [2.45, 2.75) is 51.8 Å². The molecular weight excluding hydrogens is 456 g/mol. The molecule has 0 aromatic heterocycles. The minimum absolute atomic E-state index is 0.0607. The molecule has 0 atom stereocenters. The highest BCUT2D eigenvalue weighted by atomic mass is 19.1. The number of halogens is 2. The first-order valence-electron chi connectivity index (χ1n) is 11.7. The Morgan fingerprint density at radius 2 is 1.94 bits per heavy atom. The Bertz CT molecular complexity index is 1480. The molecule has 0 spiro atoms. The lowest BCUT2D eigenvalue weighted by atomic mass is 10.1. The van der Waals surface area contributed by atoms with Gasteiger partial charge in [0.25, 0.3) is 5.56 Å². The molecular formula is C25H25F2N5O3. The van der Waals surface area contributed by atoms with Crippen molar-refractivity contribution in [3.63, 3.8) is 0 Å². The summed E-state index contributed by atoms with van der Waals surface area (Å²) in [4.78, 5) is 35.1. The van der Waals surface area contributed by atoms with Gasteiger partial charge in [-0.25, -0.2) is 18.6 Å². The van der Waals surface area contributed by atoms with Gasteiger partial charge in [-0.1, -0.05) is 6.07 Å². The quantitative estimate of drug-likeness (QED) is 0.310. The second-order valence-corrected chi connectivity index (χ2v) is 8.85. The molecule has 0 radical (unpaired) electrons. The van der Waals surface area contributed by atoms with Gasteiger partial charge in [-0.2, -0.15) is 4.98 Å². The van der Waals surface area contributed by atoms with E-state index < -0.39 is 22.9 Å². The van der Waals surface area contributed by atoms with Gasteiger partial charge in [0.1, 0.15) is 17.4 Å². The Morgan fingerprint density at radius 1 is 1.14 bits per heavy atom. The van der Waals surface area contributed by atoms with Crippen LogP contribution in [0.2, 0.25) is 0 Å². The van der Waals surface area contributed by atoms with Crippen LogP contribution in [-0.4, -0.2) is 32.2 Å². The number of nitrogens with one attached hydrogen (secondary N) is 2. The fraction of sp³-hybridized carbons (Fsp3) is 0.360. The number of aryl methyl sites for hydroxylation is 1. The monoisotopic (exact) mass is 481 g/mol. The van der Waals surface area contributed by atoms with Crippen LogP contribution in [0.5, 0.6) is 5.75 Å². The van der Waals surface area contributed by atoms with Crippen LogP contribution < -0.4 is 21.3 Å². The van der Waals surface area contributed by atoms with E-state index in [4.69, 9.17) is 4.74 Å². The van der Waals surface area contributed by atoms with Gasteiger partial charge in [0, 0.05) is 37.3 Å². The summed E-state index contributed by atoms with van der Waals surface area (Å²) in [6.45, 7) is 2.80. The van der Waals surface area contributed by atoms with E-state index in [9.17, 15) is 18.4 Å². The standard InChI is InChI=1S/C25H25F2N5O3/c1-14-10-19-20(12-21(14)35-17-4-2-3-5-17)32(23-22(29-19)24(33)31-25(34)30-23)9-8-28-13-15-6-7-16(26)11-18(15)27/h6-7,10-12,17,28H,2-5,8-9,13H2,1H3,(H,31,33,34). The summed E-state index contributed by atoms with van der Waals surface area (Å²) < 4.78 is 35.1. The first-order valence-corrected chi connectivity index (χ1v) is 11.7. The predicted molar refractivity (Wildman–Crippen MR) is 127 cm³/mol. The van der Waals surface area contributed by atoms with Crippen LogP contribution in [0, 0.1) is 18.6 Å². The summed E-state index contributed by atoms with van der Waals surface area (Å²) in [6.07, 6.45) is 4.46. The first-order chi connectivity index (χ1) is 16.9. The molecule has 1 fully saturated rings. The normalized spacial score (nSPS) is 14.3. The number of fused-ring (bicyclic) bond motifs is 2. The minimum Gasteiger partial charge on any atom is -0.490 e. The minimum atomic E-state index is -0.756. The second kappa shape index (κ2) is 9.53. The second-order valence-electron chi connectivity index (χ2n) is 8.85. The number of aromatic nitrogens is 4. The SMILES string of the molecule is Cc1cc2nc3c(=O)[nH]c(=O)nc-3n(CCNCc3ccc(F)cc3F)c2cc1OC1CCCC1. The van der Waals surface area contributed by atoms with Crippen molar-refractivity contribution in [3.05, 3.63) is 73.9 Å². The molecule has 2 aromatic rings. The van der Waals surface area contributed by atoms with Gasteiger partial charge in [0.05, 0.1) is 17.1 Å². The maximum atomic E-state index is 14.0. The average Bonchev–Trinajstić information content (AvgIpc) is 3.32. The molecule has 2 aromatic carbocycles. The molecule has 2 heterocycles. The van der Waals surface area contributed by atoms with Crippen LogP contribution in [0.25, 0.3) is 22.6 Å². The molecule has 1 aliphatic carbocycles. The molecule has 5 rings (SSSR count). The number of ether oxygens (including phenoxy) is 1. The highest BCUT2D eigenvalue weighted by Crippen LogP contribution is 2.31. The Morgan fingerprint density at radius 3 is 2.71 bits per heavy atom. The van der Waals surface area contributed by atoms with Gasteiger partial charge in [-0.15, -0.1) is 0 Å². The molecule has 0 bridgehead atoms. The number of aromatic amines is 1. The van der Waals surface area contributed by atoms with Crippen LogP contribution >= 0.6 is 0 Å². The van der Waals surface area contributed by atoms with Crippen molar-refractivity contribution in [1.82, 2.24) is 24.8 Å². The van der Waals surface area contributed by atoms with Crippen molar-refractivity contribution in [1.29, 1.82) is 0 Å². The summed E-state index contributed by atoms with van der Waals surface area (Å²) >= 11 is 0. The molecule has 2 N–H and O–H groups in total. The summed E-state index contributed by atoms with van der Waals surface area (Å²) in [6, 6.07) is 7.18. The molecule has 1 saturated carbocycles. The zero-order chi connectivity index (χ0) is 24.5. The number of hydrogen-bond acceptors (Lipinski definition) is 6. The molecule has 10 heteroatoms. The van der Waals surface area contributed by atoms with Crippen LogP contribution in [0.1, 0.15) is 36.8 Å². The largest absolute Gasteiger partial charge is 0.490 e. The summed E-state index contributed by atoms with van der Waals surface area (Å²) in [5.74, 6) is -0.366. The average molecular weight is 482 g/mol. The summed E-state index contributed by atoms with van der Waals surface area (Å²) in [5.41, 5.74) is 1.17. The maximum Gasteiger partial charge on any atom is 0.349 e. The zero-order valence-electron chi connectivity index (χ0n) is 19.2. The molecule has 8 nitrogen and oxygen atoms in total. The van der Waals surface area contributed by atoms with Crippen molar-refractivity contribution in [3.8, 4) is 17.3 Å². The van der Waals surface area contributed by atoms with Crippen molar-refractivity contribution in [2.75, 3.05) is 6.54 Å². The van der Waals surface area contributed by atoms with E-state index in [1.165, 1.54) is 12.1 Å². The van der Waals surface area contributed by atoms with Crippen LogP contribution in [0.3, 0.4) is 0 Å². The highest BCUT2D eigenvalue weighted by Gasteiger charge is 2.22. The fourth-order valence-electron chi connectivity index (χ4n) is 4.54. The van der Waals surface area contributed by atoms with Gasteiger partial charge in [-0.3, -0.25) is 9.78 Å². The smallest absolute Gasteiger partial charge is 0.349 e. The van der Waals surface area contributed by atoms with Gasteiger partial charge < -0.3 is 14.6 Å². The third-order valence-electron chi connectivity index (χ3n) is 6.34. The molecule has 3 aliphatic rings.